The van der Waals surface area contributed by atoms with Crippen molar-refractivity contribution in [1.29, 1.82) is 0 Å². The Morgan fingerprint density at radius 3 is 2.33 bits per heavy atom. The smallest absolute Gasteiger partial charge is 0.141 e. The summed E-state index contributed by atoms with van der Waals surface area (Å²) in [6, 6.07) is 25.6. The summed E-state index contributed by atoms with van der Waals surface area (Å²) in [4.78, 5) is 4.92. The second-order valence-electron chi connectivity index (χ2n) is 7.97. The molecule has 0 atom stereocenters. The van der Waals surface area contributed by atoms with Gasteiger partial charge in [-0.05, 0) is 40.8 Å². The first-order valence-corrected chi connectivity index (χ1v) is 10.0. The predicted molar refractivity (Wildman–Crippen MR) is 117 cm³/mol. The number of para-hydroxylation sites is 2. The van der Waals surface area contributed by atoms with Gasteiger partial charge in [0, 0.05) is 16.6 Å². The Morgan fingerprint density at radius 2 is 1.63 bits per heavy atom. The van der Waals surface area contributed by atoms with Gasteiger partial charge < -0.3 is 4.57 Å². The number of aromatic nitrogens is 2. The number of nitrogens with zero attached hydrogens (tertiary/aromatic N) is 2. The van der Waals surface area contributed by atoms with Crippen molar-refractivity contribution in [3.63, 3.8) is 0 Å². The van der Waals surface area contributed by atoms with E-state index in [0.717, 1.165) is 33.4 Å². The monoisotopic (exact) mass is 418 g/mol. The largest absolute Gasteiger partial charge is 0.319 e. The van der Waals surface area contributed by atoms with Crippen molar-refractivity contribution in [2.45, 2.75) is 32.7 Å². The van der Waals surface area contributed by atoms with Crippen LogP contribution < -0.4 is 0 Å². The fourth-order valence-electron chi connectivity index (χ4n) is 3.38. The van der Waals surface area contributed by atoms with E-state index in [0.29, 0.717) is 0 Å². The minimum atomic E-state index is 0.168. The van der Waals surface area contributed by atoms with Crippen LogP contribution in [0.4, 0.5) is 0 Å². The van der Waals surface area contributed by atoms with Gasteiger partial charge in [0.2, 0.25) is 0 Å². The zero-order valence-corrected chi connectivity index (χ0v) is 17.5. The second kappa shape index (κ2) is 6.97. The molecule has 0 aliphatic carbocycles. The number of halogens is 1. The summed E-state index contributed by atoms with van der Waals surface area (Å²) in [6.45, 7) is 7.54. The lowest BCUT2D eigenvalue weighted by Gasteiger charge is -2.19. The molecule has 0 saturated carbocycles. The van der Waals surface area contributed by atoms with Crippen molar-refractivity contribution < 1.29 is 0 Å². The molecule has 4 aromatic rings. The molecule has 0 unspecified atom stereocenters. The van der Waals surface area contributed by atoms with Crippen LogP contribution in [0.5, 0.6) is 0 Å². The lowest BCUT2D eigenvalue weighted by atomic mass is 9.87. The summed E-state index contributed by atoms with van der Waals surface area (Å²) in [5.74, 6) is 0.998. The second-order valence-corrected chi connectivity index (χ2v) is 8.88. The topological polar surface area (TPSA) is 17.8 Å². The molecule has 27 heavy (non-hydrogen) atoms. The number of hydrogen-bond acceptors (Lipinski definition) is 1. The molecule has 3 aromatic carbocycles. The van der Waals surface area contributed by atoms with Gasteiger partial charge in [0.1, 0.15) is 5.82 Å². The zero-order valence-electron chi connectivity index (χ0n) is 15.9. The third-order valence-corrected chi connectivity index (χ3v) is 5.39. The highest BCUT2D eigenvalue weighted by molar-refractivity contribution is 9.10. The van der Waals surface area contributed by atoms with Crippen molar-refractivity contribution in [1.82, 2.24) is 9.55 Å². The molecular weight excluding hydrogens is 396 g/mol. The minimum Gasteiger partial charge on any atom is -0.319 e. The Morgan fingerprint density at radius 1 is 0.889 bits per heavy atom. The quantitative estimate of drug-likeness (QED) is 0.357. The fourth-order valence-corrected chi connectivity index (χ4v) is 3.78. The third-order valence-electron chi connectivity index (χ3n) is 4.90. The van der Waals surface area contributed by atoms with E-state index in [1.54, 1.807) is 0 Å². The standard InChI is InChI=1S/C24H23BrN2/c1-24(2,3)19-13-11-17(12-14-19)16-27-22-10-5-4-9-21(22)26-23(27)18-7-6-8-20(25)15-18/h4-15H,16H2,1-3H3. The average molecular weight is 419 g/mol. The molecular formula is C24H23BrN2. The van der Waals surface area contributed by atoms with Gasteiger partial charge in [-0.2, -0.15) is 0 Å². The van der Waals surface area contributed by atoms with Crippen molar-refractivity contribution >= 4 is 27.0 Å². The number of imidazole rings is 1. The average Bonchev–Trinajstić information content (AvgIpc) is 3.00. The number of hydrogen-bond donors (Lipinski definition) is 0. The Balaban J connectivity index is 1.79. The van der Waals surface area contributed by atoms with Gasteiger partial charge >= 0.3 is 0 Å². The fraction of sp³-hybridized carbons (Fsp3) is 0.208. The first-order valence-electron chi connectivity index (χ1n) is 9.22. The van der Waals surface area contributed by atoms with Crippen LogP contribution in [0.15, 0.2) is 77.3 Å². The molecule has 0 amide bonds. The SMILES string of the molecule is CC(C)(C)c1ccc(Cn2c(-c3cccc(Br)c3)nc3ccccc32)cc1. The lowest BCUT2D eigenvalue weighted by Crippen LogP contribution is -2.11. The van der Waals surface area contributed by atoms with E-state index in [2.05, 4.69) is 102 Å². The van der Waals surface area contributed by atoms with Gasteiger partial charge in [0.05, 0.1) is 11.0 Å². The molecule has 0 aliphatic heterocycles. The summed E-state index contributed by atoms with van der Waals surface area (Å²) in [7, 11) is 0. The Bertz CT molecular complexity index is 1090. The summed E-state index contributed by atoms with van der Waals surface area (Å²) >= 11 is 3.58. The zero-order chi connectivity index (χ0) is 19.0. The highest BCUT2D eigenvalue weighted by Gasteiger charge is 2.15. The Kier molecular flexibility index (Phi) is 4.65. The van der Waals surface area contributed by atoms with Gasteiger partial charge in [-0.25, -0.2) is 4.98 Å². The Hall–Kier alpha value is -2.39. The van der Waals surface area contributed by atoms with E-state index >= 15 is 0 Å². The molecule has 0 aliphatic rings. The summed E-state index contributed by atoms with van der Waals surface area (Å²) < 4.78 is 3.37. The number of fused-ring (bicyclic) bond motifs is 1. The third kappa shape index (κ3) is 3.70. The molecule has 136 valence electrons. The molecule has 0 spiro atoms. The summed E-state index contributed by atoms with van der Waals surface area (Å²) in [5.41, 5.74) is 6.11. The molecule has 3 heteroatoms. The maximum Gasteiger partial charge on any atom is 0.141 e. The molecule has 0 fully saturated rings. The van der Waals surface area contributed by atoms with E-state index in [1.165, 1.54) is 11.1 Å². The van der Waals surface area contributed by atoms with Gasteiger partial charge in [-0.15, -0.1) is 0 Å². The predicted octanol–water partition coefficient (Wildman–Crippen LogP) is 6.81. The van der Waals surface area contributed by atoms with E-state index in [4.69, 9.17) is 4.98 Å². The highest BCUT2D eigenvalue weighted by Crippen LogP contribution is 2.28. The van der Waals surface area contributed by atoms with Crippen LogP contribution in [0, 0.1) is 0 Å². The molecule has 0 radical (unpaired) electrons. The van der Waals surface area contributed by atoms with Crippen molar-refractivity contribution in [2.24, 2.45) is 0 Å². The van der Waals surface area contributed by atoms with Crippen LogP contribution in [0.3, 0.4) is 0 Å². The van der Waals surface area contributed by atoms with Crippen LogP contribution in [-0.2, 0) is 12.0 Å². The molecule has 1 heterocycles. The summed E-state index contributed by atoms with van der Waals surface area (Å²) in [5, 5.41) is 0. The lowest BCUT2D eigenvalue weighted by molar-refractivity contribution is 0.590. The summed E-state index contributed by atoms with van der Waals surface area (Å²) in [6.07, 6.45) is 0. The molecule has 0 N–H and O–H groups in total. The highest BCUT2D eigenvalue weighted by atomic mass is 79.9. The first-order chi connectivity index (χ1) is 12.9. The van der Waals surface area contributed by atoms with Crippen molar-refractivity contribution in [3.8, 4) is 11.4 Å². The van der Waals surface area contributed by atoms with Crippen LogP contribution in [0.2, 0.25) is 0 Å². The van der Waals surface area contributed by atoms with Gasteiger partial charge in [0.25, 0.3) is 0 Å². The van der Waals surface area contributed by atoms with Gasteiger partial charge in [0.15, 0.2) is 0 Å². The van der Waals surface area contributed by atoms with Crippen LogP contribution in [0.25, 0.3) is 22.4 Å². The maximum absolute atomic E-state index is 4.92. The van der Waals surface area contributed by atoms with Crippen LogP contribution >= 0.6 is 15.9 Å². The normalized spacial score (nSPS) is 11.9. The molecule has 4 rings (SSSR count). The van der Waals surface area contributed by atoms with E-state index in [9.17, 15) is 0 Å². The van der Waals surface area contributed by atoms with Crippen LogP contribution in [0.1, 0.15) is 31.9 Å². The maximum atomic E-state index is 4.92. The number of rotatable bonds is 3. The van der Waals surface area contributed by atoms with E-state index in [1.807, 2.05) is 12.1 Å². The van der Waals surface area contributed by atoms with Crippen LogP contribution in [-0.4, -0.2) is 9.55 Å². The van der Waals surface area contributed by atoms with Crippen molar-refractivity contribution in [3.05, 3.63) is 88.4 Å². The molecule has 0 saturated heterocycles. The molecule has 1 aromatic heterocycles. The molecule has 0 bridgehead atoms. The van der Waals surface area contributed by atoms with E-state index in [-0.39, 0.29) is 5.41 Å². The molecule has 2 nitrogen and oxygen atoms in total. The van der Waals surface area contributed by atoms with Crippen molar-refractivity contribution in [2.75, 3.05) is 0 Å². The van der Waals surface area contributed by atoms with Gasteiger partial charge in [-0.1, -0.05) is 85.2 Å². The van der Waals surface area contributed by atoms with Gasteiger partial charge in [-0.3, -0.25) is 0 Å². The number of benzene rings is 3. The first kappa shape index (κ1) is 18.0. The van der Waals surface area contributed by atoms with E-state index < -0.39 is 0 Å². The Labute approximate surface area is 169 Å². The minimum absolute atomic E-state index is 0.168.